The number of hydrogen-bond acceptors (Lipinski definition) is 4. The first kappa shape index (κ1) is 12.5. The van der Waals surface area contributed by atoms with Crippen molar-refractivity contribution in [1.82, 2.24) is 19.4 Å². The van der Waals surface area contributed by atoms with Crippen molar-refractivity contribution in [2.75, 3.05) is 26.3 Å². The molecule has 0 bridgehead atoms. The Labute approximate surface area is 116 Å². The zero-order valence-corrected chi connectivity index (χ0v) is 11.1. The lowest BCUT2D eigenvalue weighted by molar-refractivity contribution is 0.0614. The van der Waals surface area contributed by atoms with Crippen LogP contribution in [0.2, 0.25) is 5.28 Å². The van der Waals surface area contributed by atoms with Crippen LogP contribution in [0.25, 0.3) is 0 Å². The van der Waals surface area contributed by atoms with Crippen LogP contribution in [0.4, 0.5) is 11.6 Å². The van der Waals surface area contributed by atoms with Gasteiger partial charge in [-0.15, -0.1) is 4.98 Å². The van der Waals surface area contributed by atoms with E-state index in [1.54, 1.807) is 0 Å². The summed E-state index contributed by atoms with van der Waals surface area (Å²) in [4.78, 5) is 12.5. The lowest BCUT2D eigenvalue weighted by Crippen LogP contribution is -2.53. The summed E-state index contributed by atoms with van der Waals surface area (Å²) >= 11 is 5.91. The van der Waals surface area contributed by atoms with E-state index in [9.17, 15) is 0 Å². The van der Waals surface area contributed by atoms with E-state index < -0.39 is 0 Å². The second kappa shape index (κ2) is 5.21. The van der Waals surface area contributed by atoms with Crippen molar-refractivity contribution in [3.05, 3.63) is 41.9 Å². The van der Waals surface area contributed by atoms with Gasteiger partial charge in [0.05, 0.1) is 13.2 Å². The van der Waals surface area contributed by atoms with Crippen molar-refractivity contribution in [2.45, 2.75) is 0 Å². The van der Waals surface area contributed by atoms with Crippen LogP contribution < -0.4 is 4.48 Å². The van der Waals surface area contributed by atoms with Crippen LogP contribution in [0.3, 0.4) is 0 Å². The SMILES string of the molecule is Clc1ncnc([N+]2(c3ccccc3)CCOCC2)n1. The zero-order valence-electron chi connectivity index (χ0n) is 10.4. The first-order valence-corrected chi connectivity index (χ1v) is 6.55. The molecular weight excluding hydrogens is 264 g/mol. The molecule has 0 spiro atoms. The van der Waals surface area contributed by atoms with Gasteiger partial charge in [0.1, 0.15) is 25.1 Å². The van der Waals surface area contributed by atoms with Crippen molar-refractivity contribution in [2.24, 2.45) is 0 Å². The first-order valence-electron chi connectivity index (χ1n) is 6.17. The highest BCUT2D eigenvalue weighted by molar-refractivity contribution is 6.28. The van der Waals surface area contributed by atoms with Crippen LogP contribution in [0.15, 0.2) is 36.7 Å². The predicted octanol–water partition coefficient (Wildman–Crippen LogP) is 2.19. The number of rotatable bonds is 2. The van der Waals surface area contributed by atoms with Crippen molar-refractivity contribution >= 4 is 23.2 Å². The third kappa shape index (κ3) is 2.32. The molecule has 1 fully saturated rings. The van der Waals surface area contributed by atoms with E-state index in [1.165, 1.54) is 6.33 Å². The Hall–Kier alpha value is -1.56. The number of aromatic nitrogens is 3. The van der Waals surface area contributed by atoms with Crippen molar-refractivity contribution in [3.8, 4) is 0 Å². The summed E-state index contributed by atoms with van der Waals surface area (Å²) in [6.07, 6.45) is 1.46. The molecule has 1 aromatic heterocycles. The molecule has 0 N–H and O–H groups in total. The number of hydrogen-bond donors (Lipinski definition) is 0. The molecule has 1 aliphatic rings. The summed E-state index contributed by atoms with van der Waals surface area (Å²) in [5.74, 6) is 0.675. The van der Waals surface area contributed by atoms with Gasteiger partial charge in [0, 0.05) is 0 Å². The molecule has 6 heteroatoms. The van der Waals surface area contributed by atoms with Crippen LogP contribution in [0, 0.1) is 0 Å². The number of halogens is 1. The Balaban J connectivity index is 2.12. The standard InChI is InChI=1S/C13H14ClN4O/c14-12-15-10-16-13(17-12)18(6-8-19-9-7-18)11-4-2-1-3-5-11/h1-5,10H,6-9H2/q+1. The maximum Gasteiger partial charge on any atom is 0.338 e. The normalized spacial score (nSPS) is 18.2. The van der Waals surface area contributed by atoms with Crippen molar-refractivity contribution in [3.63, 3.8) is 0 Å². The van der Waals surface area contributed by atoms with Gasteiger partial charge < -0.3 is 4.74 Å². The summed E-state index contributed by atoms with van der Waals surface area (Å²) in [5.41, 5.74) is 1.15. The van der Waals surface area contributed by atoms with Crippen molar-refractivity contribution in [1.29, 1.82) is 0 Å². The third-order valence-electron chi connectivity index (χ3n) is 3.40. The molecule has 2 aromatic rings. The zero-order chi connectivity index (χ0) is 13.1. The molecule has 0 amide bonds. The Kier molecular flexibility index (Phi) is 3.42. The highest BCUT2D eigenvalue weighted by Gasteiger charge is 2.38. The molecule has 1 aromatic carbocycles. The molecule has 0 atom stereocenters. The minimum atomic E-state index is 0.227. The van der Waals surface area contributed by atoms with Gasteiger partial charge in [-0.25, -0.2) is 9.47 Å². The molecule has 98 valence electrons. The highest BCUT2D eigenvalue weighted by atomic mass is 35.5. The fraction of sp³-hybridized carbons (Fsp3) is 0.308. The second-order valence-electron chi connectivity index (χ2n) is 4.42. The largest absolute Gasteiger partial charge is 0.370 e. The van der Waals surface area contributed by atoms with E-state index in [-0.39, 0.29) is 5.28 Å². The quantitative estimate of drug-likeness (QED) is 0.790. The first-order chi connectivity index (χ1) is 9.31. The van der Waals surface area contributed by atoms with Gasteiger partial charge in [-0.1, -0.05) is 18.2 Å². The number of para-hydroxylation sites is 1. The topological polar surface area (TPSA) is 47.9 Å². The highest BCUT2D eigenvalue weighted by Crippen LogP contribution is 2.32. The Morgan fingerprint density at radius 3 is 2.47 bits per heavy atom. The molecule has 0 unspecified atom stereocenters. The van der Waals surface area contributed by atoms with Gasteiger partial charge in [-0.05, 0) is 23.7 Å². The average Bonchev–Trinajstić information content (AvgIpc) is 2.49. The fourth-order valence-electron chi connectivity index (χ4n) is 2.42. The van der Waals surface area contributed by atoms with E-state index in [0.717, 1.165) is 18.8 Å². The summed E-state index contributed by atoms with van der Waals surface area (Å²) in [5, 5.41) is 0.227. The lowest BCUT2D eigenvalue weighted by atomic mass is 10.2. The van der Waals surface area contributed by atoms with Gasteiger partial charge >= 0.3 is 5.95 Å². The van der Waals surface area contributed by atoms with E-state index >= 15 is 0 Å². The van der Waals surface area contributed by atoms with Gasteiger partial charge in [0.15, 0.2) is 0 Å². The predicted molar refractivity (Wildman–Crippen MR) is 73.3 cm³/mol. The number of benzene rings is 1. The minimum Gasteiger partial charge on any atom is -0.370 e. The monoisotopic (exact) mass is 277 g/mol. The van der Waals surface area contributed by atoms with E-state index in [2.05, 4.69) is 27.1 Å². The number of quaternary nitrogens is 1. The van der Waals surface area contributed by atoms with Crippen LogP contribution in [0.5, 0.6) is 0 Å². The van der Waals surface area contributed by atoms with Crippen LogP contribution >= 0.6 is 11.6 Å². The van der Waals surface area contributed by atoms with Gasteiger partial charge in [-0.3, -0.25) is 0 Å². The van der Waals surface area contributed by atoms with Crippen LogP contribution in [0.1, 0.15) is 0 Å². The van der Waals surface area contributed by atoms with Crippen LogP contribution in [-0.2, 0) is 4.74 Å². The second-order valence-corrected chi connectivity index (χ2v) is 4.76. The molecular formula is C13H14ClN4O+. The molecule has 2 heterocycles. The molecule has 0 aliphatic carbocycles. The summed E-state index contributed by atoms with van der Waals surface area (Å²) < 4.78 is 6.04. The maximum atomic E-state index is 5.91. The molecule has 0 saturated carbocycles. The maximum absolute atomic E-state index is 5.91. The van der Waals surface area contributed by atoms with Gasteiger partial charge in [-0.2, -0.15) is 4.98 Å². The molecule has 1 saturated heterocycles. The van der Waals surface area contributed by atoms with E-state index in [4.69, 9.17) is 16.3 Å². The Morgan fingerprint density at radius 1 is 1.05 bits per heavy atom. The number of morpholine rings is 1. The molecule has 1 aliphatic heterocycles. The summed E-state index contributed by atoms with van der Waals surface area (Å²) in [7, 11) is 0. The summed E-state index contributed by atoms with van der Waals surface area (Å²) in [6, 6.07) is 10.2. The molecule has 5 nitrogen and oxygen atoms in total. The fourth-order valence-corrected chi connectivity index (χ4v) is 2.54. The molecule has 19 heavy (non-hydrogen) atoms. The minimum absolute atomic E-state index is 0.227. The Bertz CT molecular complexity index is 558. The summed E-state index contributed by atoms with van der Waals surface area (Å²) in [6.45, 7) is 2.95. The lowest BCUT2D eigenvalue weighted by Gasteiger charge is -2.37. The van der Waals surface area contributed by atoms with Crippen LogP contribution in [-0.4, -0.2) is 41.3 Å². The Morgan fingerprint density at radius 2 is 1.79 bits per heavy atom. The molecule has 3 rings (SSSR count). The van der Waals surface area contributed by atoms with E-state index in [0.29, 0.717) is 23.6 Å². The third-order valence-corrected chi connectivity index (χ3v) is 3.58. The average molecular weight is 278 g/mol. The van der Waals surface area contributed by atoms with Crippen molar-refractivity contribution < 1.29 is 4.74 Å². The smallest absolute Gasteiger partial charge is 0.338 e. The number of nitrogens with zero attached hydrogens (tertiary/aromatic N) is 4. The van der Waals surface area contributed by atoms with Gasteiger partial charge in [0.2, 0.25) is 5.28 Å². The van der Waals surface area contributed by atoms with E-state index in [1.807, 2.05) is 18.2 Å². The molecule has 0 radical (unpaired) electrons. The van der Waals surface area contributed by atoms with Gasteiger partial charge in [0.25, 0.3) is 0 Å². The number of ether oxygens (including phenoxy) is 1.